The van der Waals surface area contributed by atoms with Gasteiger partial charge < -0.3 is 9.72 Å². The zero-order valence-electron chi connectivity index (χ0n) is 12.2. The summed E-state index contributed by atoms with van der Waals surface area (Å²) < 4.78 is 5.27. The number of nitrogens with one attached hydrogen (secondary N) is 1. The summed E-state index contributed by atoms with van der Waals surface area (Å²) in [6.45, 7) is -0.145. The molecule has 0 spiro atoms. The van der Waals surface area contributed by atoms with Crippen LogP contribution in [-0.4, -0.2) is 23.6 Å². The smallest absolute Gasteiger partial charge is 0.214 e. The molecule has 5 heteroatoms. The molecule has 0 saturated heterocycles. The van der Waals surface area contributed by atoms with E-state index in [1.54, 1.807) is 7.11 Å². The minimum atomic E-state index is -0.294. The summed E-state index contributed by atoms with van der Waals surface area (Å²) in [6, 6.07) is 15.3. The quantitative estimate of drug-likeness (QED) is 0.578. The number of methoxy groups -OCH3 is 1. The maximum atomic E-state index is 11.1. The van der Waals surface area contributed by atoms with Crippen molar-refractivity contribution in [1.29, 1.82) is 0 Å². The Morgan fingerprint density at radius 2 is 2.00 bits per heavy atom. The molecule has 1 heterocycles. The lowest BCUT2D eigenvalue weighted by Gasteiger charge is -2.13. The van der Waals surface area contributed by atoms with Gasteiger partial charge in [-0.1, -0.05) is 30.3 Å². The van der Waals surface area contributed by atoms with Crippen LogP contribution >= 0.6 is 0 Å². The van der Waals surface area contributed by atoms with Crippen molar-refractivity contribution >= 4 is 10.9 Å². The molecule has 0 aliphatic rings. The van der Waals surface area contributed by atoms with E-state index in [0.717, 1.165) is 27.8 Å². The molecular weight excluding hydrogens is 280 g/mol. The first-order chi connectivity index (χ1) is 10.7. The Bertz CT molecular complexity index is 796. The largest absolute Gasteiger partial charge is 0.497 e. The Labute approximate surface area is 127 Å². The lowest BCUT2D eigenvalue weighted by Crippen LogP contribution is -2.13. The molecule has 2 aromatic carbocycles. The first kappa shape index (κ1) is 14.1. The lowest BCUT2D eigenvalue weighted by atomic mass is 9.91. The summed E-state index contributed by atoms with van der Waals surface area (Å²) >= 11 is 0. The molecule has 5 nitrogen and oxygen atoms in total. The normalized spacial score (nSPS) is 12.2. The van der Waals surface area contributed by atoms with E-state index in [1.165, 1.54) is 0 Å². The van der Waals surface area contributed by atoms with Crippen LogP contribution in [-0.2, 0) is 0 Å². The zero-order chi connectivity index (χ0) is 15.5. The molecule has 1 aromatic heterocycles. The molecule has 0 aliphatic carbocycles. The number of nitro groups is 1. The third-order valence-corrected chi connectivity index (χ3v) is 3.83. The van der Waals surface area contributed by atoms with Gasteiger partial charge in [0.2, 0.25) is 6.54 Å². The van der Waals surface area contributed by atoms with Crippen molar-refractivity contribution in [2.24, 2.45) is 0 Å². The minimum absolute atomic E-state index is 0.145. The number of benzene rings is 2. The van der Waals surface area contributed by atoms with Gasteiger partial charge in [0.15, 0.2) is 0 Å². The summed E-state index contributed by atoms with van der Waals surface area (Å²) in [7, 11) is 1.61. The number of nitrogens with zero attached hydrogens (tertiary/aromatic N) is 1. The van der Waals surface area contributed by atoms with Crippen LogP contribution in [0.25, 0.3) is 10.9 Å². The number of H-pyrrole nitrogens is 1. The summed E-state index contributed by atoms with van der Waals surface area (Å²) in [5.74, 6) is 0.443. The number of hydrogen-bond donors (Lipinski definition) is 1. The number of ether oxygens (including phenoxy) is 1. The molecule has 3 rings (SSSR count). The number of fused-ring (bicyclic) bond motifs is 1. The first-order valence-electron chi connectivity index (χ1n) is 7.01. The molecule has 0 radical (unpaired) electrons. The Balaban J connectivity index is 2.13. The molecule has 22 heavy (non-hydrogen) atoms. The fraction of sp³-hybridized carbons (Fsp3) is 0.176. The van der Waals surface area contributed by atoms with Gasteiger partial charge in [-0.2, -0.15) is 0 Å². The third-order valence-electron chi connectivity index (χ3n) is 3.83. The van der Waals surface area contributed by atoms with Gasteiger partial charge in [-0.15, -0.1) is 0 Å². The van der Waals surface area contributed by atoms with Crippen molar-refractivity contribution < 1.29 is 9.66 Å². The standard InChI is InChI=1S/C17H16N2O3/c1-22-13-7-8-17-14(9-13)15(10-18-17)16(11-19(20)21)12-5-3-2-4-6-12/h2-10,16,18H,11H2,1H3/t16-/m0/s1. The molecule has 0 fully saturated rings. The van der Waals surface area contributed by atoms with Crippen LogP contribution in [0, 0.1) is 10.1 Å². The van der Waals surface area contributed by atoms with Crippen molar-refractivity contribution in [1.82, 2.24) is 4.98 Å². The molecule has 1 atom stereocenters. The monoisotopic (exact) mass is 296 g/mol. The van der Waals surface area contributed by atoms with Crippen LogP contribution < -0.4 is 4.74 Å². The topological polar surface area (TPSA) is 68.2 Å². The van der Waals surface area contributed by atoms with Crippen molar-refractivity contribution in [2.45, 2.75) is 5.92 Å². The number of aromatic nitrogens is 1. The highest BCUT2D eigenvalue weighted by molar-refractivity contribution is 5.85. The van der Waals surface area contributed by atoms with E-state index in [1.807, 2.05) is 54.7 Å². The van der Waals surface area contributed by atoms with E-state index in [-0.39, 0.29) is 17.4 Å². The SMILES string of the molecule is COc1ccc2[nH]cc([C@@H](C[N+](=O)[O-])c3ccccc3)c2c1. The fourth-order valence-electron chi connectivity index (χ4n) is 2.75. The minimum Gasteiger partial charge on any atom is -0.497 e. The molecular formula is C17H16N2O3. The highest BCUT2D eigenvalue weighted by Crippen LogP contribution is 2.32. The van der Waals surface area contributed by atoms with Crippen LogP contribution in [0.3, 0.4) is 0 Å². The first-order valence-corrected chi connectivity index (χ1v) is 7.01. The van der Waals surface area contributed by atoms with E-state index >= 15 is 0 Å². The lowest BCUT2D eigenvalue weighted by molar-refractivity contribution is -0.481. The van der Waals surface area contributed by atoms with E-state index in [4.69, 9.17) is 4.74 Å². The van der Waals surface area contributed by atoms with E-state index in [0.29, 0.717) is 0 Å². The summed E-state index contributed by atoms with van der Waals surface area (Å²) in [6.07, 6.45) is 1.85. The Morgan fingerprint density at radius 3 is 2.68 bits per heavy atom. The van der Waals surface area contributed by atoms with Gasteiger partial charge in [-0.25, -0.2) is 0 Å². The van der Waals surface area contributed by atoms with Gasteiger partial charge in [0.25, 0.3) is 0 Å². The van der Waals surface area contributed by atoms with Gasteiger partial charge in [-0.3, -0.25) is 10.1 Å². The second-order valence-electron chi connectivity index (χ2n) is 5.13. The van der Waals surface area contributed by atoms with Crippen LogP contribution in [0.5, 0.6) is 5.75 Å². The maximum Gasteiger partial charge on any atom is 0.214 e. The van der Waals surface area contributed by atoms with E-state index in [2.05, 4.69) is 4.98 Å². The number of hydrogen-bond acceptors (Lipinski definition) is 3. The van der Waals surface area contributed by atoms with Gasteiger partial charge in [0.05, 0.1) is 13.0 Å². The Morgan fingerprint density at radius 1 is 1.23 bits per heavy atom. The summed E-state index contributed by atoms with van der Waals surface area (Å²) in [4.78, 5) is 14.0. The van der Waals surface area contributed by atoms with Crippen molar-refractivity contribution in [3.8, 4) is 5.75 Å². The molecule has 0 amide bonds. The van der Waals surface area contributed by atoms with Crippen molar-refractivity contribution in [3.63, 3.8) is 0 Å². The van der Waals surface area contributed by atoms with Crippen LogP contribution in [0.15, 0.2) is 54.7 Å². The average Bonchev–Trinajstić information content (AvgIpc) is 2.96. The summed E-state index contributed by atoms with van der Waals surface area (Å²) in [5, 5.41) is 12.1. The van der Waals surface area contributed by atoms with Crippen LogP contribution in [0.2, 0.25) is 0 Å². The number of rotatable bonds is 5. The predicted octanol–water partition coefficient (Wildman–Crippen LogP) is 3.59. The third kappa shape index (κ3) is 2.65. The molecule has 0 bridgehead atoms. The average molecular weight is 296 g/mol. The van der Waals surface area contributed by atoms with Crippen LogP contribution in [0.4, 0.5) is 0 Å². The second-order valence-corrected chi connectivity index (χ2v) is 5.13. The van der Waals surface area contributed by atoms with E-state index in [9.17, 15) is 10.1 Å². The Hall–Kier alpha value is -2.82. The highest BCUT2D eigenvalue weighted by atomic mass is 16.6. The van der Waals surface area contributed by atoms with Crippen molar-refractivity contribution in [3.05, 3.63) is 76.0 Å². The molecule has 3 aromatic rings. The van der Waals surface area contributed by atoms with Gasteiger partial charge in [0, 0.05) is 22.0 Å². The Kier molecular flexibility index (Phi) is 3.78. The fourth-order valence-corrected chi connectivity index (χ4v) is 2.75. The molecule has 112 valence electrons. The maximum absolute atomic E-state index is 11.1. The molecule has 0 unspecified atom stereocenters. The summed E-state index contributed by atoms with van der Waals surface area (Å²) in [5.41, 5.74) is 2.79. The van der Waals surface area contributed by atoms with E-state index < -0.39 is 0 Å². The second kappa shape index (κ2) is 5.89. The number of aromatic amines is 1. The van der Waals surface area contributed by atoms with Gasteiger partial charge in [-0.05, 0) is 29.3 Å². The van der Waals surface area contributed by atoms with Crippen LogP contribution in [0.1, 0.15) is 17.0 Å². The molecule has 0 saturated carbocycles. The predicted molar refractivity (Wildman–Crippen MR) is 85.0 cm³/mol. The molecule has 1 N–H and O–H groups in total. The van der Waals surface area contributed by atoms with Crippen molar-refractivity contribution in [2.75, 3.05) is 13.7 Å². The zero-order valence-corrected chi connectivity index (χ0v) is 12.2. The van der Waals surface area contributed by atoms with Gasteiger partial charge >= 0.3 is 0 Å². The highest BCUT2D eigenvalue weighted by Gasteiger charge is 2.23. The van der Waals surface area contributed by atoms with Gasteiger partial charge in [0.1, 0.15) is 5.75 Å². The molecule has 0 aliphatic heterocycles.